The van der Waals surface area contributed by atoms with Gasteiger partial charge in [0.05, 0.1) is 0 Å². The van der Waals surface area contributed by atoms with E-state index in [1.807, 2.05) is 18.9 Å². The lowest BCUT2D eigenvalue weighted by molar-refractivity contribution is 0.0686. The zero-order valence-corrected chi connectivity index (χ0v) is 15.0. The Balaban J connectivity index is 3.03. The molecular weight excluding hydrogens is 351 g/mol. The zero-order valence-electron chi connectivity index (χ0n) is 11.2. The van der Waals surface area contributed by atoms with Gasteiger partial charge in [0.25, 0.3) is 0 Å². The number of hydrazone groups is 1. The molecular formula is C11H18Cl5N3. The van der Waals surface area contributed by atoms with E-state index in [9.17, 15) is 0 Å². The molecule has 112 valence electrons. The first-order valence-electron chi connectivity index (χ1n) is 6.04. The van der Waals surface area contributed by atoms with Gasteiger partial charge >= 0.3 is 0 Å². The molecule has 0 aromatic rings. The van der Waals surface area contributed by atoms with Gasteiger partial charge in [0.1, 0.15) is 12.5 Å². The van der Waals surface area contributed by atoms with Crippen LogP contribution < -0.4 is 0 Å². The van der Waals surface area contributed by atoms with Gasteiger partial charge in [-0.25, -0.2) is 0 Å². The molecule has 0 fully saturated rings. The maximum atomic E-state index is 6.24. The van der Waals surface area contributed by atoms with Crippen LogP contribution in [0.5, 0.6) is 0 Å². The lowest BCUT2D eigenvalue weighted by Crippen LogP contribution is -2.55. The van der Waals surface area contributed by atoms with Crippen LogP contribution in [0, 0.1) is 5.92 Å². The zero-order chi connectivity index (χ0) is 15.0. The first-order chi connectivity index (χ1) is 8.48. The van der Waals surface area contributed by atoms with Crippen molar-refractivity contribution in [3.63, 3.8) is 0 Å². The van der Waals surface area contributed by atoms with Crippen LogP contribution in [0.3, 0.4) is 0 Å². The summed E-state index contributed by atoms with van der Waals surface area (Å²) in [6, 6.07) is 0.199. The second kappa shape index (κ2) is 6.23. The highest BCUT2D eigenvalue weighted by molar-refractivity contribution is 6.75. The van der Waals surface area contributed by atoms with E-state index in [0.29, 0.717) is 5.92 Å². The molecule has 0 aliphatic carbocycles. The van der Waals surface area contributed by atoms with Crippen molar-refractivity contribution in [3.05, 3.63) is 0 Å². The summed E-state index contributed by atoms with van der Waals surface area (Å²) >= 11 is 30.1. The predicted molar refractivity (Wildman–Crippen MR) is 85.3 cm³/mol. The minimum atomic E-state index is -1.84. The van der Waals surface area contributed by atoms with Crippen LogP contribution >= 0.6 is 58.0 Å². The van der Waals surface area contributed by atoms with E-state index in [1.54, 1.807) is 4.90 Å². The van der Waals surface area contributed by atoms with Crippen molar-refractivity contribution in [2.45, 2.75) is 54.6 Å². The molecule has 1 unspecified atom stereocenters. The topological polar surface area (TPSA) is 18.8 Å². The van der Waals surface area contributed by atoms with Gasteiger partial charge in [-0.2, -0.15) is 5.10 Å². The van der Waals surface area contributed by atoms with E-state index in [4.69, 9.17) is 58.0 Å². The SMILES string of the molecule is CC(C)CC1N(C(C)C)N=CN1C(Cl)(Cl)C(Cl)(Cl)Cl. The Labute approximate surface area is 139 Å². The molecule has 1 heterocycles. The van der Waals surface area contributed by atoms with Crippen molar-refractivity contribution >= 4 is 64.3 Å². The first kappa shape index (κ1) is 17.8. The summed E-state index contributed by atoms with van der Waals surface area (Å²) < 4.78 is -3.52. The van der Waals surface area contributed by atoms with Crippen molar-refractivity contribution in [1.29, 1.82) is 0 Å². The summed E-state index contributed by atoms with van der Waals surface area (Å²) in [5, 5.41) is 6.23. The molecule has 0 saturated heterocycles. The Morgan fingerprint density at radius 3 is 2.00 bits per heavy atom. The van der Waals surface area contributed by atoms with Crippen molar-refractivity contribution in [1.82, 2.24) is 9.91 Å². The average molecular weight is 370 g/mol. The monoisotopic (exact) mass is 367 g/mol. The van der Waals surface area contributed by atoms with E-state index < -0.39 is 8.25 Å². The first-order valence-corrected chi connectivity index (χ1v) is 7.93. The predicted octanol–water partition coefficient (Wildman–Crippen LogP) is 4.83. The molecule has 8 heteroatoms. The van der Waals surface area contributed by atoms with Gasteiger partial charge in [-0.05, 0) is 26.2 Å². The van der Waals surface area contributed by atoms with Crippen molar-refractivity contribution in [2.24, 2.45) is 11.0 Å². The summed E-state index contributed by atoms with van der Waals surface area (Å²) in [6.45, 7) is 8.28. The number of nitrogens with zero attached hydrogens (tertiary/aromatic N) is 3. The lowest BCUT2D eigenvalue weighted by atomic mass is 10.1. The van der Waals surface area contributed by atoms with Gasteiger partial charge in [0.15, 0.2) is 0 Å². The van der Waals surface area contributed by atoms with Crippen LogP contribution in [-0.2, 0) is 0 Å². The molecule has 1 rings (SSSR count). The Morgan fingerprint density at radius 2 is 1.63 bits per heavy atom. The highest BCUT2D eigenvalue weighted by Gasteiger charge is 2.54. The van der Waals surface area contributed by atoms with Crippen molar-refractivity contribution < 1.29 is 0 Å². The third kappa shape index (κ3) is 3.88. The Hall–Kier alpha value is 0.720. The fourth-order valence-corrected chi connectivity index (χ4v) is 2.53. The highest BCUT2D eigenvalue weighted by Crippen LogP contribution is 2.50. The maximum absolute atomic E-state index is 6.24. The maximum Gasteiger partial charge on any atom is 0.241 e. The summed E-state index contributed by atoms with van der Waals surface area (Å²) in [5.41, 5.74) is 0. The summed E-state index contributed by atoms with van der Waals surface area (Å²) in [6.07, 6.45) is 2.21. The minimum Gasteiger partial charge on any atom is -0.304 e. The van der Waals surface area contributed by atoms with Crippen molar-refractivity contribution in [2.75, 3.05) is 0 Å². The van der Waals surface area contributed by atoms with Gasteiger partial charge in [-0.3, -0.25) is 5.01 Å². The second-order valence-corrected chi connectivity index (χ2v) is 8.83. The number of hydrogen-bond donors (Lipinski definition) is 0. The van der Waals surface area contributed by atoms with Crippen LogP contribution in [0.2, 0.25) is 0 Å². The van der Waals surface area contributed by atoms with Gasteiger partial charge in [0, 0.05) is 6.04 Å². The molecule has 3 nitrogen and oxygen atoms in total. The molecule has 0 bridgehead atoms. The molecule has 0 saturated carbocycles. The Bertz CT molecular complexity index is 338. The average Bonchev–Trinajstić information content (AvgIpc) is 2.58. The van der Waals surface area contributed by atoms with Gasteiger partial charge < -0.3 is 4.90 Å². The molecule has 0 spiro atoms. The minimum absolute atomic E-state index is 0.134. The molecule has 1 atom stereocenters. The molecule has 19 heavy (non-hydrogen) atoms. The Morgan fingerprint density at radius 1 is 1.11 bits per heavy atom. The molecule has 0 aromatic heterocycles. The summed E-state index contributed by atoms with van der Waals surface area (Å²) in [5.74, 6) is 0.426. The molecule has 1 aliphatic heterocycles. The van der Waals surface area contributed by atoms with Crippen molar-refractivity contribution in [3.8, 4) is 0 Å². The summed E-state index contributed by atoms with van der Waals surface area (Å²) in [4.78, 5) is 1.60. The number of halogens is 5. The van der Waals surface area contributed by atoms with Gasteiger partial charge in [-0.15, -0.1) is 0 Å². The smallest absolute Gasteiger partial charge is 0.241 e. The van der Waals surface area contributed by atoms with E-state index >= 15 is 0 Å². The summed E-state index contributed by atoms with van der Waals surface area (Å²) in [7, 11) is 0. The largest absolute Gasteiger partial charge is 0.304 e. The van der Waals surface area contributed by atoms with E-state index in [-0.39, 0.29) is 12.2 Å². The van der Waals surface area contributed by atoms with Crippen LogP contribution in [0.15, 0.2) is 5.10 Å². The lowest BCUT2D eigenvalue weighted by Gasteiger charge is -2.42. The van der Waals surface area contributed by atoms with Crippen LogP contribution in [0.25, 0.3) is 0 Å². The van der Waals surface area contributed by atoms with E-state index in [1.165, 1.54) is 6.34 Å². The fraction of sp³-hybridized carbons (Fsp3) is 0.909. The quantitative estimate of drug-likeness (QED) is 0.522. The molecule has 1 aliphatic rings. The van der Waals surface area contributed by atoms with Gasteiger partial charge in [-0.1, -0.05) is 71.9 Å². The van der Waals surface area contributed by atoms with Gasteiger partial charge in [0.2, 0.25) is 8.25 Å². The number of hydrogen-bond acceptors (Lipinski definition) is 3. The third-order valence-corrected chi connectivity index (χ3v) is 5.17. The fourth-order valence-electron chi connectivity index (χ4n) is 1.92. The third-order valence-electron chi connectivity index (χ3n) is 2.81. The number of alkyl halides is 5. The molecule has 0 amide bonds. The second-order valence-electron chi connectivity index (χ2n) is 5.26. The van der Waals surface area contributed by atoms with E-state index in [2.05, 4.69) is 18.9 Å². The molecule has 0 radical (unpaired) electrons. The van der Waals surface area contributed by atoms with Crippen LogP contribution in [0.4, 0.5) is 0 Å². The number of rotatable bonds is 4. The molecule has 0 N–H and O–H groups in total. The molecule has 0 aromatic carbocycles. The Kier molecular flexibility index (Phi) is 5.83. The normalized spacial score (nSPS) is 21.1. The van der Waals surface area contributed by atoms with Crippen LogP contribution in [0.1, 0.15) is 34.1 Å². The van der Waals surface area contributed by atoms with E-state index in [0.717, 1.165) is 6.42 Å². The van der Waals surface area contributed by atoms with Crippen LogP contribution in [-0.4, -0.2) is 36.7 Å². The standard InChI is InChI=1S/C11H18Cl5N3/c1-7(2)5-9-18(6-17-19(9)8(3)4)11(15,16)10(12,13)14/h6-9H,5H2,1-4H3. The highest BCUT2D eigenvalue weighted by atomic mass is 35.6.